The maximum absolute atomic E-state index is 13.5. The van der Waals surface area contributed by atoms with Gasteiger partial charge in [0.2, 0.25) is 5.91 Å². The molecule has 41 heavy (non-hydrogen) atoms. The van der Waals surface area contributed by atoms with Gasteiger partial charge < -0.3 is 30.1 Å². The van der Waals surface area contributed by atoms with E-state index < -0.39 is 36.0 Å². The highest BCUT2D eigenvalue weighted by atomic mass is 16.6. The van der Waals surface area contributed by atoms with Gasteiger partial charge in [0.05, 0.1) is 18.4 Å². The number of carboxylic acids is 1. The Labute approximate surface area is 238 Å². The molecular formula is C29H35N5O7. The average Bonchev–Trinajstić information content (AvgIpc) is 2.99. The van der Waals surface area contributed by atoms with Crippen molar-refractivity contribution in [1.29, 1.82) is 0 Å². The van der Waals surface area contributed by atoms with Crippen molar-refractivity contribution >= 4 is 29.5 Å². The molecule has 0 spiro atoms. The van der Waals surface area contributed by atoms with Crippen LogP contribution in [0.25, 0.3) is 17.0 Å². The van der Waals surface area contributed by atoms with E-state index in [0.717, 1.165) is 5.57 Å². The number of nitrogens with zero attached hydrogens (tertiary/aromatic N) is 4. The lowest BCUT2D eigenvalue weighted by Gasteiger charge is -2.35. The number of carbonyl (C=O) groups excluding carboxylic acids is 3. The summed E-state index contributed by atoms with van der Waals surface area (Å²) in [7, 11) is 0. The number of nitrogens with one attached hydrogen (secondary N) is 1. The van der Waals surface area contributed by atoms with Gasteiger partial charge in [0, 0.05) is 38.2 Å². The Morgan fingerprint density at radius 1 is 1.07 bits per heavy atom. The van der Waals surface area contributed by atoms with Gasteiger partial charge in [0.15, 0.2) is 5.82 Å². The highest BCUT2D eigenvalue weighted by Crippen LogP contribution is 2.28. The van der Waals surface area contributed by atoms with E-state index in [4.69, 9.17) is 4.74 Å². The largest absolute Gasteiger partial charge is 0.481 e. The van der Waals surface area contributed by atoms with Gasteiger partial charge >= 0.3 is 12.1 Å². The molecule has 12 nitrogen and oxygen atoms in total. The predicted molar refractivity (Wildman–Crippen MR) is 149 cm³/mol. The second-order valence-electron chi connectivity index (χ2n) is 9.96. The third-order valence-corrected chi connectivity index (χ3v) is 7.07. The number of aromatic nitrogens is 2. The Hall–Kier alpha value is -4.32. The molecule has 218 valence electrons. The van der Waals surface area contributed by atoms with Crippen LogP contribution in [0.3, 0.4) is 0 Å². The van der Waals surface area contributed by atoms with Crippen molar-refractivity contribution in [3.05, 3.63) is 53.9 Å². The Morgan fingerprint density at radius 3 is 2.41 bits per heavy atom. The van der Waals surface area contributed by atoms with Crippen LogP contribution in [-0.4, -0.2) is 98.8 Å². The maximum atomic E-state index is 13.5. The van der Waals surface area contributed by atoms with Gasteiger partial charge in [-0.05, 0) is 44.2 Å². The zero-order chi connectivity index (χ0) is 29.4. The summed E-state index contributed by atoms with van der Waals surface area (Å²) in [6.07, 6.45) is 2.25. The molecule has 1 aliphatic heterocycles. The molecule has 1 aliphatic carbocycles. The van der Waals surface area contributed by atoms with E-state index in [1.165, 1.54) is 9.80 Å². The van der Waals surface area contributed by atoms with Crippen molar-refractivity contribution in [3.63, 3.8) is 0 Å². The summed E-state index contributed by atoms with van der Waals surface area (Å²) >= 11 is 0. The molecule has 0 bridgehead atoms. The van der Waals surface area contributed by atoms with Crippen LogP contribution in [0.1, 0.15) is 55.2 Å². The number of carbonyl (C=O) groups is 4. The average molecular weight is 566 g/mol. The van der Waals surface area contributed by atoms with E-state index in [1.54, 1.807) is 13.0 Å². The van der Waals surface area contributed by atoms with Crippen LogP contribution in [0.2, 0.25) is 0 Å². The number of carboxylic acid groups (broad SMARTS) is 1. The molecule has 1 aromatic heterocycles. The number of aliphatic carboxylic acids is 1. The van der Waals surface area contributed by atoms with E-state index in [-0.39, 0.29) is 51.3 Å². The van der Waals surface area contributed by atoms with Crippen LogP contribution < -0.4 is 5.32 Å². The smallest absolute Gasteiger partial charge is 0.409 e. The number of rotatable bonds is 9. The van der Waals surface area contributed by atoms with E-state index in [2.05, 4.69) is 15.3 Å². The summed E-state index contributed by atoms with van der Waals surface area (Å²) in [5.41, 5.74) is 2.19. The van der Waals surface area contributed by atoms with Crippen LogP contribution in [0, 0.1) is 0 Å². The van der Waals surface area contributed by atoms with E-state index in [1.807, 2.05) is 36.4 Å². The minimum absolute atomic E-state index is 0.0427. The Morgan fingerprint density at radius 2 is 1.78 bits per heavy atom. The molecule has 2 atom stereocenters. The fraction of sp³-hybridized carbons (Fsp3) is 0.448. The summed E-state index contributed by atoms with van der Waals surface area (Å²) in [5.74, 6) is -1.81. The molecule has 2 aliphatic rings. The molecule has 1 unspecified atom stereocenters. The first-order valence-electron chi connectivity index (χ1n) is 13.8. The summed E-state index contributed by atoms with van der Waals surface area (Å²) in [6.45, 7) is 2.96. The van der Waals surface area contributed by atoms with E-state index in [0.29, 0.717) is 36.3 Å². The molecule has 3 amide bonds. The lowest BCUT2D eigenvalue weighted by molar-refractivity contribution is -0.138. The van der Waals surface area contributed by atoms with Gasteiger partial charge in [0.1, 0.15) is 11.7 Å². The van der Waals surface area contributed by atoms with Crippen molar-refractivity contribution in [2.24, 2.45) is 0 Å². The van der Waals surface area contributed by atoms with Gasteiger partial charge in [-0.15, -0.1) is 0 Å². The quantitative estimate of drug-likeness (QED) is 0.414. The van der Waals surface area contributed by atoms with Crippen molar-refractivity contribution in [2.45, 2.75) is 51.2 Å². The molecule has 1 aromatic carbocycles. The fourth-order valence-corrected chi connectivity index (χ4v) is 4.80. The second kappa shape index (κ2) is 13.8. The molecular weight excluding hydrogens is 530 g/mol. The van der Waals surface area contributed by atoms with Crippen LogP contribution in [-0.2, 0) is 14.3 Å². The van der Waals surface area contributed by atoms with E-state index >= 15 is 0 Å². The van der Waals surface area contributed by atoms with Crippen LogP contribution >= 0.6 is 0 Å². The molecule has 0 saturated carbocycles. The Kier molecular flexibility index (Phi) is 10.0. The lowest BCUT2D eigenvalue weighted by atomic mass is 9.94. The number of amides is 3. The number of hydrogen-bond acceptors (Lipinski definition) is 8. The first kappa shape index (κ1) is 29.7. The molecule has 1 saturated heterocycles. The van der Waals surface area contributed by atoms with Crippen LogP contribution in [0.4, 0.5) is 4.79 Å². The third-order valence-electron chi connectivity index (χ3n) is 7.07. The summed E-state index contributed by atoms with van der Waals surface area (Å²) in [6, 6.07) is 9.65. The Bertz CT molecular complexity index is 1290. The highest BCUT2D eigenvalue weighted by molar-refractivity contribution is 5.97. The van der Waals surface area contributed by atoms with Crippen molar-refractivity contribution < 1.29 is 34.1 Å². The highest BCUT2D eigenvalue weighted by Gasteiger charge is 2.31. The molecule has 12 heteroatoms. The monoisotopic (exact) mass is 565 g/mol. The number of aliphatic hydroxyl groups excluding tert-OH is 1. The second-order valence-corrected chi connectivity index (χ2v) is 9.96. The van der Waals surface area contributed by atoms with Crippen molar-refractivity contribution in [2.75, 3.05) is 32.8 Å². The Balaban J connectivity index is 1.56. The zero-order valence-corrected chi connectivity index (χ0v) is 23.0. The SMILES string of the molecule is CCOC(=O)N1CCN(C(=O)C(CCC(=O)O)NC(=O)c2cc(C3=CC[C@@H](O)CC3)nc(-c3ccccc3)n2)CC1. The summed E-state index contributed by atoms with van der Waals surface area (Å²) < 4.78 is 5.02. The number of piperazine rings is 1. The normalized spacial score (nSPS) is 17.8. The number of ether oxygens (including phenoxy) is 1. The van der Waals surface area contributed by atoms with Gasteiger partial charge in [-0.1, -0.05) is 36.4 Å². The third kappa shape index (κ3) is 7.88. The first-order valence-corrected chi connectivity index (χ1v) is 13.8. The number of allylic oxidation sites excluding steroid dienone is 1. The van der Waals surface area contributed by atoms with Crippen LogP contribution in [0.5, 0.6) is 0 Å². The summed E-state index contributed by atoms with van der Waals surface area (Å²) in [5, 5.41) is 21.9. The topological polar surface area (TPSA) is 162 Å². The van der Waals surface area contributed by atoms with Gasteiger partial charge in [-0.2, -0.15) is 0 Å². The number of aliphatic hydroxyl groups is 1. The maximum Gasteiger partial charge on any atom is 0.409 e. The first-order chi connectivity index (χ1) is 19.7. The van der Waals surface area contributed by atoms with E-state index in [9.17, 15) is 29.4 Å². The van der Waals surface area contributed by atoms with Crippen molar-refractivity contribution in [1.82, 2.24) is 25.1 Å². The standard InChI is InChI=1S/C29H35N5O7/c1-2-41-29(40)34-16-14-33(15-17-34)28(39)22(12-13-25(36)37)32-27(38)24-18-23(19-8-10-21(35)11-9-19)30-26(31-24)20-6-4-3-5-7-20/h3-8,18,21-22,35H,2,9-17H2,1H3,(H,32,38)(H,36,37)/t21-,22?/m1/s1. The number of benzene rings is 1. The summed E-state index contributed by atoms with van der Waals surface area (Å²) in [4.78, 5) is 62.5. The minimum atomic E-state index is -1.10. The van der Waals surface area contributed by atoms with Crippen LogP contribution in [0.15, 0.2) is 42.5 Å². The lowest BCUT2D eigenvalue weighted by Crippen LogP contribution is -2.56. The zero-order valence-electron chi connectivity index (χ0n) is 23.0. The van der Waals surface area contributed by atoms with Gasteiger partial charge in [-0.3, -0.25) is 14.4 Å². The fourth-order valence-electron chi connectivity index (χ4n) is 4.80. The van der Waals surface area contributed by atoms with Gasteiger partial charge in [-0.25, -0.2) is 14.8 Å². The predicted octanol–water partition coefficient (Wildman–Crippen LogP) is 2.34. The number of hydrogen-bond donors (Lipinski definition) is 3. The molecule has 3 N–H and O–H groups in total. The molecule has 2 aromatic rings. The molecule has 2 heterocycles. The van der Waals surface area contributed by atoms with Crippen molar-refractivity contribution in [3.8, 4) is 11.4 Å². The van der Waals surface area contributed by atoms with Gasteiger partial charge in [0.25, 0.3) is 5.91 Å². The molecule has 0 radical (unpaired) electrons. The molecule has 1 fully saturated rings. The molecule has 4 rings (SSSR count). The minimum Gasteiger partial charge on any atom is -0.481 e.